The number of aryl methyl sites for hydroxylation is 1. The summed E-state index contributed by atoms with van der Waals surface area (Å²) in [5, 5.41) is 8.48. The highest BCUT2D eigenvalue weighted by molar-refractivity contribution is 6.31. The van der Waals surface area contributed by atoms with Crippen LogP contribution in [0.3, 0.4) is 0 Å². The van der Waals surface area contributed by atoms with Crippen molar-refractivity contribution in [2.75, 3.05) is 7.11 Å². The van der Waals surface area contributed by atoms with Crippen LogP contribution in [0.1, 0.15) is 16.8 Å². The summed E-state index contributed by atoms with van der Waals surface area (Å²) in [4.78, 5) is 0. The Balaban J connectivity index is 2.22. The predicted molar refractivity (Wildman–Crippen MR) is 67.6 cm³/mol. The fraction of sp³-hybridized carbons (Fsp3) is 0.231. The Morgan fingerprint density at radius 2 is 2.06 bits per heavy atom. The van der Waals surface area contributed by atoms with E-state index in [0.29, 0.717) is 10.9 Å². The molecule has 0 radical (unpaired) electrons. The standard InChI is InChI=1S/C13H13ClN2O/c1-9-4-3-5-10(6-9)7-11-8-12(14)13(17-2)16-15-11/h3-6,8H,7H2,1-2H3. The highest BCUT2D eigenvalue weighted by Gasteiger charge is 2.05. The molecule has 0 aliphatic rings. The molecule has 1 aromatic carbocycles. The van der Waals surface area contributed by atoms with Crippen molar-refractivity contribution in [3.63, 3.8) is 0 Å². The van der Waals surface area contributed by atoms with Crippen molar-refractivity contribution in [1.29, 1.82) is 0 Å². The maximum Gasteiger partial charge on any atom is 0.252 e. The van der Waals surface area contributed by atoms with E-state index < -0.39 is 0 Å². The summed E-state index contributed by atoms with van der Waals surface area (Å²) in [7, 11) is 1.52. The molecule has 1 aromatic heterocycles. The van der Waals surface area contributed by atoms with Crippen molar-refractivity contribution < 1.29 is 4.74 Å². The number of ether oxygens (including phenoxy) is 1. The molecule has 0 saturated carbocycles. The van der Waals surface area contributed by atoms with Gasteiger partial charge >= 0.3 is 0 Å². The van der Waals surface area contributed by atoms with Gasteiger partial charge in [0.25, 0.3) is 5.88 Å². The Morgan fingerprint density at radius 1 is 1.24 bits per heavy atom. The summed E-state index contributed by atoms with van der Waals surface area (Å²) >= 11 is 6.00. The van der Waals surface area contributed by atoms with E-state index in [1.165, 1.54) is 18.2 Å². The molecule has 0 aliphatic carbocycles. The summed E-state index contributed by atoms with van der Waals surface area (Å²) in [5.74, 6) is 0.361. The first kappa shape index (κ1) is 11.9. The third-order valence-corrected chi connectivity index (χ3v) is 2.70. The van der Waals surface area contributed by atoms with Crippen LogP contribution < -0.4 is 4.74 Å². The van der Waals surface area contributed by atoms with Gasteiger partial charge in [-0.15, -0.1) is 5.10 Å². The predicted octanol–water partition coefficient (Wildman–Crippen LogP) is 3.04. The van der Waals surface area contributed by atoms with Gasteiger partial charge in [-0.2, -0.15) is 5.10 Å². The van der Waals surface area contributed by atoms with E-state index in [9.17, 15) is 0 Å². The van der Waals surface area contributed by atoms with Gasteiger partial charge in [0.2, 0.25) is 0 Å². The molecule has 0 atom stereocenters. The monoisotopic (exact) mass is 248 g/mol. The van der Waals surface area contributed by atoms with Crippen molar-refractivity contribution in [2.45, 2.75) is 13.3 Å². The van der Waals surface area contributed by atoms with Crippen LogP contribution in [0.4, 0.5) is 0 Å². The molecule has 0 N–H and O–H groups in total. The first-order valence-corrected chi connectivity index (χ1v) is 5.68. The fourth-order valence-corrected chi connectivity index (χ4v) is 1.89. The summed E-state index contributed by atoms with van der Waals surface area (Å²) in [6.45, 7) is 2.07. The molecular formula is C13H13ClN2O. The Bertz CT molecular complexity index is 529. The molecule has 0 fully saturated rings. The number of hydrogen-bond acceptors (Lipinski definition) is 3. The topological polar surface area (TPSA) is 35.0 Å². The van der Waals surface area contributed by atoms with Crippen molar-refractivity contribution in [3.05, 3.63) is 52.2 Å². The second-order valence-corrected chi connectivity index (χ2v) is 4.27. The Kier molecular flexibility index (Phi) is 3.59. The zero-order valence-electron chi connectivity index (χ0n) is 9.77. The molecule has 4 heteroatoms. The lowest BCUT2D eigenvalue weighted by atomic mass is 10.1. The molecule has 0 unspecified atom stereocenters. The summed E-state index contributed by atoms with van der Waals surface area (Å²) in [6.07, 6.45) is 0.721. The van der Waals surface area contributed by atoms with E-state index in [0.717, 1.165) is 12.1 Å². The Labute approximate surface area is 105 Å². The fourth-order valence-electron chi connectivity index (χ4n) is 1.65. The van der Waals surface area contributed by atoms with Crippen LogP contribution in [0.5, 0.6) is 5.88 Å². The highest BCUT2D eigenvalue weighted by atomic mass is 35.5. The van der Waals surface area contributed by atoms with E-state index in [1.54, 1.807) is 6.07 Å². The van der Waals surface area contributed by atoms with Gasteiger partial charge in [0, 0.05) is 6.42 Å². The highest BCUT2D eigenvalue weighted by Crippen LogP contribution is 2.21. The molecule has 0 spiro atoms. The van der Waals surface area contributed by atoms with E-state index >= 15 is 0 Å². The van der Waals surface area contributed by atoms with Crippen LogP contribution in [-0.4, -0.2) is 17.3 Å². The molecule has 1 heterocycles. The number of rotatable bonds is 3. The number of nitrogens with zero attached hydrogens (tertiary/aromatic N) is 2. The molecule has 88 valence electrons. The van der Waals surface area contributed by atoms with Gasteiger partial charge in [0.15, 0.2) is 0 Å². The van der Waals surface area contributed by atoms with Gasteiger partial charge < -0.3 is 4.74 Å². The maximum absolute atomic E-state index is 6.00. The largest absolute Gasteiger partial charge is 0.479 e. The average Bonchev–Trinajstić information content (AvgIpc) is 2.29. The van der Waals surface area contributed by atoms with Crippen LogP contribution in [0.2, 0.25) is 5.02 Å². The van der Waals surface area contributed by atoms with Crippen LogP contribution in [0.25, 0.3) is 0 Å². The first-order chi connectivity index (χ1) is 8.19. The van der Waals surface area contributed by atoms with Crippen LogP contribution >= 0.6 is 11.6 Å². The van der Waals surface area contributed by atoms with Crippen molar-refractivity contribution >= 4 is 11.6 Å². The minimum absolute atomic E-state index is 0.361. The quantitative estimate of drug-likeness (QED) is 0.838. The van der Waals surface area contributed by atoms with E-state index in [1.807, 2.05) is 6.07 Å². The normalized spacial score (nSPS) is 10.3. The SMILES string of the molecule is COc1nnc(Cc2cccc(C)c2)cc1Cl. The van der Waals surface area contributed by atoms with Crippen LogP contribution in [-0.2, 0) is 6.42 Å². The molecule has 2 aromatic rings. The second kappa shape index (κ2) is 5.15. The molecule has 0 aliphatic heterocycles. The third-order valence-electron chi connectivity index (χ3n) is 2.43. The van der Waals surface area contributed by atoms with Crippen molar-refractivity contribution in [3.8, 4) is 5.88 Å². The van der Waals surface area contributed by atoms with E-state index in [4.69, 9.17) is 16.3 Å². The van der Waals surface area contributed by atoms with Gasteiger partial charge in [-0.3, -0.25) is 0 Å². The maximum atomic E-state index is 6.00. The van der Waals surface area contributed by atoms with Gasteiger partial charge in [-0.05, 0) is 18.6 Å². The zero-order chi connectivity index (χ0) is 12.3. The smallest absolute Gasteiger partial charge is 0.252 e. The molecule has 0 saturated heterocycles. The van der Waals surface area contributed by atoms with Crippen molar-refractivity contribution in [1.82, 2.24) is 10.2 Å². The molecule has 0 amide bonds. The number of aromatic nitrogens is 2. The van der Waals surface area contributed by atoms with E-state index in [-0.39, 0.29) is 0 Å². The van der Waals surface area contributed by atoms with Gasteiger partial charge in [0.05, 0.1) is 12.8 Å². The molecule has 3 nitrogen and oxygen atoms in total. The number of methoxy groups -OCH3 is 1. The van der Waals surface area contributed by atoms with Gasteiger partial charge in [-0.1, -0.05) is 41.4 Å². The van der Waals surface area contributed by atoms with E-state index in [2.05, 4.69) is 35.3 Å². The molecule has 17 heavy (non-hydrogen) atoms. The number of hydrogen-bond donors (Lipinski definition) is 0. The lowest BCUT2D eigenvalue weighted by Gasteiger charge is -2.04. The Hall–Kier alpha value is -1.61. The minimum atomic E-state index is 0.361. The zero-order valence-corrected chi connectivity index (χ0v) is 10.5. The number of benzene rings is 1. The lowest BCUT2D eigenvalue weighted by Crippen LogP contribution is -1.98. The summed E-state index contributed by atoms with van der Waals surface area (Å²) in [6, 6.07) is 10.1. The lowest BCUT2D eigenvalue weighted by molar-refractivity contribution is 0.391. The van der Waals surface area contributed by atoms with Gasteiger partial charge in [-0.25, -0.2) is 0 Å². The second-order valence-electron chi connectivity index (χ2n) is 3.86. The third kappa shape index (κ3) is 2.94. The summed E-state index contributed by atoms with van der Waals surface area (Å²) in [5.41, 5.74) is 3.26. The van der Waals surface area contributed by atoms with Crippen molar-refractivity contribution in [2.24, 2.45) is 0 Å². The minimum Gasteiger partial charge on any atom is -0.479 e. The van der Waals surface area contributed by atoms with Crippen LogP contribution in [0, 0.1) is 6.92 Å². The summed E-state index contributed by atoms with van der Waals surface area (Å²) < 4.78 is 4.96. The van der Waals surface area contributed by atoms with Gasteiger partial charge in [0.1, 0.15) is 5.02 Å². The molecule has 2 rings (SSSR count). The first-order valence-electron chi connectivity index (χ1n) is 5.30. The average molecular weight is 249 g/mol. The molecular weight excluding hydrogens is 236 g/mol. The molecule has 0 bridgehead atoms. The number of halogens is 1. The Morgan fingerprint density at radius 3 is 2.71 bits per heavy atom. The van der Waals surface area contributed by atoms with Crippen LogP contribution in [0.15, 0.2) is 30.3 Å².